The SMILES string of the molecule is CCc1cccc(/C=C/[N+](=O)[O-])c1. The lowest BCUT2D eigenvalue weighted by Crippen LogP contribution is -1.84. The maximum Gasteiger partial charge on any atom is 0.235 e. The van der Waals surface area contributed by atoms with E-state index < -0.39 is 4.92 Å². The van der Waals surface area contributed by atoms with Gasteiger partial charge in [0, 0.05) is 6.08 Å². The second-order valence-corrected chi connectivity index (χ2v) is 2.70. The van der Waals surface area contributed by atoms with Gasteiger partial charge in [0.15, 0.2) is 0 Å². The Hall–Kier alpha value is -1.64. The molecule has 0 aliphatic heterocycles. The van der Waals surface area contributed by atoms with Gasteiger partial charge < -0.3 is 0 Å². The summed E-state index contributed by atoms with van der Waals surface area (Å²) >= 11 is 0. The molecule has 1 aromatic carbocycles. The van der Waals surface area contributed by atoms with Crippen LogP contribution in [0.3, 0.4) is 0 Å². The minimum absolute atomic E-state index is 0.460. The molecule has 3 nitrogen and oxygen atoms in total. The lowest BCUT2D eigenvalue weighted by atomic mass is 10.1. The van der Waals surface area contributed by atoms with Crippen LogP contribution in [0.5, 0.6) is 0 Å². The number of nitro groups is 1. The zero-order valence-electron chi connectivity index (χ0n) is 7.43. The Balaban J connectivity index is 2.83. The van der Waals surface area contributed by atoms with E-state index in [0.717, 1.165) is 18.2 Å². The van der Waals surface area contributed by atoms with Crippen LogP contribution in [0.1, 0.15) is 18.1 Å². The van der Waals surface area contributed by atoms with Crippen molar-refractivity contribution in [1.82, 2.24) is 0 Å². The first-order chi connectivity index (χ1) is 6.22. The number of nitrogens with zero attached hydrogens (tertiary/aromatic N) is 1. The first kappa shape index (κ1) is 9.45. The molecule has 0 fully saturated rings. The molecule has 0 N–H and O–H groups in total. The number of hydrogen-bond donors (Lipinski definition) is 0. The highest BCUT2D eigenvalue weighted by Crippen LogP contribution is 2.07. The molecule has 0 aliphatic rings. The largest absolute Gasteiger partial charge is 0.259 e. The highest BCUT2D eigenvalue weighted by atomic mass is 16.6. The lowest BCUT2D eigenvalue weighted by molar-refractivity contribution is -0.400. The minimum atomic E-state index is -0.460. The molecular formula is C10H11NO2. The van der Waals surface area contributed by atoms with Crippen molar-refractivity contribution in [3.8, 4) is 0 Å². The molecule has 1 rings (SSSR count). The predicted molar refractivity (Wildman–Crippen MR) is 51.8 cm³/mol. The highest BCUT2D eigenvalue weighted by Gasteiger charge is 1.92. The van der Waals surface area contributed by atoms with Gasteiger partial charge in [-0.05, 0) is 17.5 Å². The summed E-state index contributed by atoms with van der Waals surface area (Å²) in [6.45, 7) is 2.05. The molecule has 0 heterocycles. The van der Waals surface area contributed by atoms with Crippen LogP contribution in [0.15, 0.2) is 30.5 Å². The summed E-state index contributed by atoms with van der Waals surface area (Å²) in [6.07, 6.45) is 3.40. The van der Waals surface area contributed by atoms with Crippen LogP contribution in [-0.2, 0) is 6.42 Å². The number of aryl methyl sites for hydroxylation is 1. The highest BCUT2D eigenvalue weighted by molar-refractivity contribution is 5.49. The van der Waals surface area contributed by atoms with E-state index in [2.05, 4.69) is 6.92 Å². The third-order valence-electron chi connectivity index (χ3n) is 1.75. The Kier molecular flexibility index (Phi) is 3.20. The molecule has 68 valence electrons. The zero-order chi connectivity index (χ0) is 9.68. The van der Waals surface area contributed by atoms with Gasteiger partial charge >= 0.3 is 0 Å². The van der Waals surface area contributed by atoms with Gasteiger partial charge in [-0.3, -0.25) is 10.1 Å². The molecule has 0 saturated heterocycles. The summed E-state index contributed by atoms with van der Waals surface area (Å²) < 4.78 is 0. The Labute approximate surface area is 76.9 Å². The molecule has 0 aliphatic carbocycles. The summed E-state index contributed by atoms with van der Waals surface area (Å²) in [7, 11) is 0. The summed E-state index contributed by atoms with van der Waals surface area (Å²) in [5, 5.41) is 10.0. The molecule has 0 bridgehead atoms. The molecule has 0 aromatic heterocycles. The topological polar surface area (TPSA) is 43.1 Å². The Bertz CT molecular complexity index is 331. The molecule has 0 saturated carbocycles. The van der Waals surface area contributed by atoms with Crippen LogP contribution in [0.25, 0.3) is 6.08 Å². The van der Waals surface area contributed by atoms with Crippen molar-refractivity contribution in [2.24, 2.45) is 0 Å². The van der Waals surface area contributed by atoms with E-state index in [1.807, 2.05) is 24.3 Å². The van der Waals surface area contributed by atoms with Gasteiger partial charge in [-0.1, -0.05) is 31.2 Å². The molecule has 0 radical (unpaired) electrons. The monoisotopic (exact) mass is 177 g/mol. The Morgan fingerprint density at radius 1 is 1.54 bits per heavy atom. The van der Waals surface area contributed by atoms with Gasteiger partial charge in [-0.2, -0.15) is 0 Å². The second-order valence-electron chi connectivity index (χ2n) is 2.70. The molecule has 1 aromatic rings. The van der Waals surface area contributed by atoms with Crippen molar-refractivity contribution in [2.45, 2.75) is 13.3 Å². The molecule has 13 heavy (non-hydrogen) atoms. The number of rotatable bonds is 3. The second kappa shape index (κ2) is 4.40. The Morgan fingerprint density at radius 3 is 2.92 bits per heavy atom. The first-order valence-electron chi connectivity index (χ1n) is 4.13. The van der Waals surface area contributed by atoms with Gasteiger partial charge in [-0.15, -0.1) is 0 Å². The Morgan fingerprint density at radius 2 is 2.31 bits per heavy atom. The fourth-order valence-electron chi connectivity index (χ4n) is 1.06. The number of benzene rings is 1. The third kappa shape index (κ3) is 3.07. The van der Waals surface area contributed by atoms with Gasteiger partial charge in [0.1, 0.15) is 0 Å². The average molecular weight is 177 g/mol. The van der Waals surface area contributed by atoms with Crippen molar-refractivity contribution in [1.29, 1.82) is 0 Å². The van der Waals surface area contributed by atoms with Gasteiger partial charge in [-0.25, -0.2) is 0 Å². The van der Waals surface area contributed by atoms with Crippen LogP contribution in [0.4, 0.5) is 0 Å². The smallest absolute Gasteiger partial charge is 0.235 e. The van der Waals surface area contributed by atoms with Gasteiger partial charge in [0.25, 0.3) is 0 Å². The van der Waals surface area contributed by atoms with Crippen molar-refractivity contribution in [2.75, 3.05) is 0 Å². The molecule has 0 unspecified atom stereocenters. The molecule has 0 atom stereocenters. The van der Waals surface area contributed by atoms with Crippen molar-refractivity contribution in [3.63, 3.8) is 0 Å². The van der Waals surface area contributed by atoms with E-state index in [-0.39, 0.29) is 0 Å². The fraction of sp³-hybridized carbons (Fsp3) is 0.200. The van der Waals surface area contributed by atoms with Crippen molar-refractivity contribution < 1.29 is 4.92 Å². The predicted octanol–water partition coefficient (Wildman–Crippen LogP) is 2.50. The summed E-state index contributed by atoms with van der Waals surface area (Å²) in [5.74, 6) is 0. The quantitative estimate of drug-likeness (QED) is 0.525. The standard InChI is InChI=1S/C10H11NO2/c1-2-9-4-3-5-10(8-9)6-7-11(12)13/h3-8H,2H2,1H3/b7-6+. The minimum Gasteiger partial charge on any atom is -0.259 e. The molecule has 0 spiro atoms. The van der Waals surface area contributed by atoms with Crippen LogP contribution < -0.4 is 0 Å². The normalized spacial score (nSPS) is 10.5. The van der Waals surface area contributed by atoms with E-state index in [4.69, 9.17) is 0 Å². The van der Waals surface area contributed by atoms with Crippen LogP contribution in [0.2, 0.25) is 0 Å². The van der Waals surface area contributed by atoms with E-state index in [9.17, 15) is 10.1 Å². The van der Waals surface area contributed by atoms with Crippen LogP contribution >= 0.6 is 0 Å². The maximum absolute atomic E-state index is 10.0. The van der Waals surface area contributed by atoms with Gasteiger partial charge in [0.05, 0.1) is 4.92 Å². The lowest BCUT2D eigenvalue weighted by Gasteiger charge is -1.96. The molecule has 0 amide bonds. The summed E-state index contributed by atoms with van der Waals surface area (Å²) in [4.78, 5) is 9.59. The maximum atomic E-state index is 10.0. The van der Waals surface area contributed by atoms with Crippen LogP contribution in [-0.4, -0.2) is 4.92 Å². The number of hydrogen-bond acceptors (Lipinski definition) is 2. The molecular weight excluding hydrogens is 166 g/mol. The van der Waals surface area contributed by atoms with Crippen LogP contribution in [0, 0.1) is 10.1 Å². The average Bonchev–Trinajstić information content (AvgIpc) is 2.15. The summed E-state index contributed by atoms with van der Waals surface area (Å²) in [5.41, 5.74) is 2.06. The van der Waals surface area contributed by atoms with E-state index in [1.54, 1.807) is 0 Å². The van der Waals surface area contributed by atoms with E-state index in [1.165, 1.54) is 11.6 Å². The van der Waals surface area contributed by atoms with E-state index >= 15 is 0 Å². The van der Waals surface area contributed by atoms with Gasteiger partial charge in [0.2, 0.25) is 6.20 Å². The summed E-state index contributed by atoms with van der Waals surface area (Å²) in [6, 6.07) is 7.70. The molecule has 3 heteroatoms. The van der Waals surface area contributed by atoms with E-state index in [0.29, 0.717) is 0 Å². The van der Waals surface area contributed by atoms with Crippen molar-refractivity contribution >= 4 is 6.08 Å². The van der Waals surface area contributed by atoms with Crippen molar-refractivity contribution in [3.05, 3.63) is 51.7 Å². The zero-order valence-corrected chi connectivity index (χ0v) is 7.43. The fourth-order valence-corrected chi connectivity index (χ4v) is 1.06. The first-order valence-corrected chi connectivity index (χ1v) is 4.13. The third-order valence-corrected chi connectivity index (χ3v) is 1.75.